The summed E-state index contributed by atoms with van der Waals surface area (Å²) in [5, 5.41) is 8.73. The molecule has 32 heavy (non-hydrogen) atoms. The lowest BCUT2D eigenvalue weighted by atomic mass is 10.0. The second kappa shape index (κ2) is 18.7. The van der Waals surface area contributed by atoms with Crippen LogP contribution in [0.1, 0.15) is 66.5 Å². The van der Waals surface area contributed by atoms with Gasteiger partial charge in [-0.05, 0) is 87.1 Å². The maximum atomic E-state index is 4.36. The molecule has 0 saturated carbocycles. The Morgan fingerprint density at radius 2 is 0.875 bits per heavy atom. The number of allylic oxidation sites excluding steroid dienone is 8. The number of benzene rings is 2. The summed E-state index contributed by atoms with van der Waals surface area (Å²) in [6.07, 6.45) is 14.6. The van der Waals surface area contributed by atoms with Gasteiger partial charge in [0, 0.05) is 0 Å². The Balaban J connectivity index is 0.00000227. The topological polar surface area (TPSA) is 24.7 Å². The summed E-state index contributed by atoms with van der Waals surface area (Å²) < 4.78 is 0. The van der Waals surface area contributed by atoms with Gasteiger partial charge in [0.25, 0.3) is 0 Å². The summed E-state index contributed by atoms with van der Waals surface area (Å²) >= 11 is 0. The van der Waals surface area contributed by atoms with Crippen molar-refractivity contribution in [3.63, 3.8) is 0 Å². The Bertz CT molecular complexity index is 802. The molecular weight excluding hydrogens is 388 g/mol. The van der Waals surface area contributed by atoms with Gasteiger partial charge in [-0.1, -0.05) is 88.4 Å². The van der Waals surface area contributed by atoms with Crippen LogP contribution in [0, 0.1) is 0 Å². The third-order valence-electron chi connectivity index (χ3n) is 4.47. The Morgan fingerprint density at radius 3 is 1.12 bits per heavy atom. The lowest BCUT2D eigenvalue weighted by Gasteiger charge is -2.03. The van der Waals surface area contributed by atoms with Gasteiger partial charge in [-0.2, -0.15) is 10.2 Å². The molecule has 0 heterocycles. The van der Waals surface area contributed by atoms with E-state index in [0.717, 1.165) is 24.2 Å². The molecule has 0 radical (unpaired) electrons. The highest BCUT2D eigenvalue weighted by Gasteiger charge is 1.99. The summed E-state index contributed by atoms with van der Waals surface area (Å²) in [5.41, 5.74) is 6.90. The molecular formula is C30H42N2. The van der Waals surface area contributed by atoms with Crippen molar-refractivity contribution in [2.75, 3.05) is 0 Å². The number of rotatable bonds is 8. The van der Waals surface area contributed by atoms with Crippen molar-refractivity contribution in [3.8, 4) is 0 Å². The Morgan fingerprint density at radius 1 is 0.562 bits per heavy atom. The van der Waals surface area contributed by atoms with Crippen molar-refractivity contribution < 1.29 is 0 Å². The largest absolute Gasteiger partial charge is 0.151 e. The normalized spacial score (nSPS) is 12.0. The van der Waals surface area contributed by atoms with E-state index >= 15 is 0 Å². The van der Waals surface area contributed by atoms with Gasteiger partial charge in [0.05, 0.1) is 11.4 Å². The van der Waals surface area contributed by atoms with Gasteiger partial charge in [-0.25, -0.2) is 0 Å². The van der Waals surface area contributed by atoms with Crippen molar-refractivity contribution in [2.45, 2.75) is 68.2 Å². The number of hydrogen-bond donors (Lipinski definition) is 0. The van der Waals surface area contributed by atoms with E-state index in [0.29, 0.717) is 0 Å². The first kappa shape index (κ1) is 29.0. The average molecular weight is 431 g/mol. The van der Waals surface area contributed by atoms with Crippen molar-refractivity contribution in [2.24, 2.45) is 10.2 Å². The lowest BCUT2D eigenvalue weighted by molar-refractivity contribution is 1.16. The third kappa shape index (κ3) is 11.4. The third-order valence-corrected chi connectivity index (χ3v) is 4.47. The fourth-order valence-electron chi connectivity index (χ4n) is 2.89. The van der Waals surface area contributed by atoms with Gasteiger partial charge in [0.2, 0.25) is 0 Å². The van der Waals surface area contributed by atoms with E-state index in [-0.39, 0.29) is 0 Å². The van der Waals surface area contributed by atoms with Crippen LogP contribution in [0.3, 0.4) is 0 Å². The van der Waals surface area contributed by atoms with E-state index in [1.807, 2.05) is 65.8 Å². The van der Waals surface area contributed by atoms with Crippen LogP contribution in [0.5, 0.6) is 0 Å². The van der Waals surface area contributed by atoms with Gasteiger partial charge in [0.1, 0.15) is 0 Å². The summed E-state index contributed by atoms with van der Waals surface area (Å²) in [6, 6.07) is 16.5. The first-order valence-corrected chi connectivity index (χ1v) is 11.8. The van der Waals surface area contributed by atoms with Crippen LogP contribution in [-0.4, -0.2) is 0 Å². The zero-order chi connectivity index (χ0) is 24.2. The van der Waals surface area contributed by atoms with Crippen molar-refractivity contribution in [1.29, 1.82) is 0 Å². The van der Waals surface area contributed by atoms with E-state index in [1.54, 1.807) is 0 Å². The minimum Gasteiger partial charge on any atom is -0.151 e. The molecule has 0 bridgehead atoms. The zero-order valence-electron chi connectivity index (χ0n) is 21.4. The highest BCUT2D eigenvalue weighted by atomic mass is 15.1. The maximum absolute atomic E-state index is 4.36. The monoisotopic (exact) mass is 430 g/mol. The van der Waals surface area contributed by atoms with Crippen LogP contribution in [0.2, 0.25) is 0 Å². The van der Waals surface area contributed by atoms with Crippen LogP contribution < -0.4 is 0 Å². The average Bonchev–Trinajstić information content (AvgIpc) is 2.86. The molecule has 0 spiro atoms. The van der Waals surface area contributed by atoms with Crippen LogP contribution in [0.25, 0.3) is 0 Å². The first-order chi connectivity index (χ1) is 15.7. The molecule has 0 N–H and O–H groups in total. The molecule has 0 fully saturated rings. The number of nitrogens with zero attached hydrogens (tertiary/aromatic N) is 2. The minimum atomic E-state index is 0.866. The Kier molecular flexibility index (Phi) is 17.0. The van der Waals surface area contributed by atoms with Crippen LogP contribution in [0.15, 0.2) is 106 Å². The lowest BCUT2D eigenvalue weighted by Crippen LogP contribution is -1.87. The van der Waals surface area contributed by atoms with Crippen LogP contribution >= 0.6 is 0 Å². The molecule has 0 aliphatic heterocycles. The highest BCUT2D eigenvalue weighted by Crippen LogP contribution is 2.21. The smallest absolute Gasteiger partial charge is 0.0857 e. The second-order valence-electron chi connectivity index (χ2n) is 6.61. The number of azo groups is 1. The van der Waals surface area contributed by atoms with E-state index in [1.165, 1.54) is 22.3 Å². The van der Waals surface area contributed by atoms with E-state index in [2.05, 4.69) is 84.8 Å². The minimum absolute atomic E-state index is 0.866. The molecule has 0 unspecified atom stereocenters. The highest BCUT2D eigenvalue weighted by molar-refractivity contribution is 5.43. The first-order valence-electron chi connectivity index (χ1n) is 11.8. The van der Waals surface area contributed by atoms with Gasteiger partial charge in [-0.3, -0.25) is 0 Å². The van der Waals surface area contributed by atoms with Gasteiger partial charge in [-0.15, -0.1) is 0 Å². The van der Waals surface area contributed by atoms with E-state index in [9.17, 15) is 0 Å². The zero-order valence-corrected chi connectivity index (χ0v) is 21.4. The van der Waals surface area contributed by atoms with Crippen molar-refractivity contribution in [3.05, 3.63) is 107 Å². The van der Waals surface area contributed by atoms with Crippen molar-refractivity contribution in [1.82, 2.24) is 0 Å². The van der Waals surface area contributed by atoms with Crippen LogP contribution in [-0.2, 0) is 12.8 Å². The van der Waals surface area contributed by atoms with Gasteiger partial charge < -0.3 is 0 Å². The second-order valence-corrected chi connectivity index (χ2v) is 6.61. The van der Waals surface area contributed by atoms with Gasteiger partial charge >= 0.3 is 0 Å². The molecule has 0 atom stereocenters. The molecule has 0 amide bonds. The van der Waals surface area contributed by atoms with Gasteiger partial charge in [0.15, 0.2) is 0 Å². The Labute approximate surface area is 197 Å². The molecule has 2 aromatic carbocycles. The van der Waals surface area contributed by atoms with Crippen LogP contribution in [0.4, 0.5) is 11.4 Å². The molecule has 2 rings (SSSR count). The molecule has 2 aromatic rings. The predicted octanol–water partition coefficient (Wildman–Crippen LogP) is 10.3. The quantitative estimate of drug-likeness (QED) is 0.294. The molecule has 0 saturated heterocycles. The van der Waals surface area contributed by atoms with Crippen molar-refractivity contribution >= 4 is 11.4 Å². The summed E-state index contributed by atoms with van der Waals surface area (Å²) in [7, 11) is 0. The summed E-state index contributed by atoms with van der Waals surface area (Å²) in [5.74, 6) is 0. The van der Waals surface area contributed by atoms with E-state index < -0.39 is 0 Å². The molecule has 0 aliphatic carbocycles. The molecule has 2 heteroatoms. The van der Waals surface area contributed by atoms with E-state index in [4.69, 9.17) is 0 Å². The maximum Gasteiger partial charge on any atom is 0.0857 e. The molecule has 0 aliphatic rings. The fourth-order valence-corrected chi connectivity index (χ4v) is 2.89. The predicted molar refractivity (Wildman–Crippen MR) is 144 cm³/mol. The summed E-state index contributed by atoms with van der Waals surface area (Å²) in [6.45, 7) is 16.2. The summed E-state index contributed by atoms with van der Waals surface area (Å²) in [4.78, 5) is 0. The molecule has 0 aromatic heterocycles. The Hall–Kier alpha value is -3.00. The standard InChI is InChI=1S/C26H30N2.2C2H6/c1-5-9-21(7-3)19-23-11-15-25(16-12-23)27-28-26-17-13-24(14-18-26)20-22(8-4)10-6-2;2*1-2/h5-18H,19-20H2,1-4H3;2*1-2H3/b9-5-,10-6-,21-7+,22-8+,28-27?;;. The SMILES string of the molecule is C/C=C\C(=C/C)Cc1ccc(N=Nc2ccc(CC(/C=C\C)=C/C)cc2)cc1.CC.CC. The fraction of sp³-hybridized carbons (Fsp3) is 0.333. The molecule has 172 valence electrons. The molecule has 2 nitrogen and oxygen atoms in total. The number of hydrogen-bond acceptors (Lipinski definition) is 2.